The molecule has 7 rings (SSSR count). The smallest absolute Gasteiger partial charge is 0.306 e. The SMILES string of the molecule is CCCOc1ccc2c(OC3CC(C(=O)CC4(C(C)=O)CC4CC)C(C(=O)C(CC(=O)OC4CC5CC5C4)C(C)(C)C)C3)cc(C3=CCC(CC(C)C)=C3)cc2c1. The van der Waals surface area contributed by atoms with Gasteiger partial charge < -0.3 is 14.2 Å². The van der Waals surface area contributed by atoms with E-state index in [2.05, 4.69) is 58.0 Å². The number of hydrogen-bond donors (Lipinski definition) is 0. The Hall–Kier alpha value is -3.74. The second kappa shape index (κ2) is 16.5. The number of ether oxygens (including phenoxy) is 3. The predicted octanol–water partition coefficient (Wildman–Crippen LogP) is 11.1. The van der Waals surface area contributed by atoms with Crippen LogP contribution in [0.25, 0.3) is 16.3 Å². The van der Waals surface area contributed by atoms with Gasteiger partial charge in [-0.05, 0) is 141 Å². The molecule has 57 heavy (non-hydrogen) atoms. The summed E-state index contributed by atoms with van der Waals surface area (Å²) in [6.07, 6.45) is 12.6. The minimum Gasteiger partial charge on any atom is -0.494 e. The van der Waals surface area contributed by atoms with Crippen molar-refractivity contribution in [1.82, 2.24) is 0 Å². The average Bonchev–Trinajstić information content (AvgIpc) is 3.82. The summed E-state index contributed by atoms with van der Waals surface area (Å²) in [4.78, 5) is 55.9. The quantitative estimate of drug-likeness (QED) is 0.139. The van der Waals surface area contributed by atoms with Crippen LogP contribution >= 0.6 is 0 Å². The number of benzene rings is 2. The molecule has 0 amide bonds. The summed E-state index contributed by atoms with van der Waals surface area (Å²) >= 11 is 0. The minimum absolute atomic E-state index is 0.00291. The van der Waals surface area contributed by atoms with Gasteiger partial charge in [0.25, 0.3) is 0 Å². The first kappa shape index (κ1) is 41.4. The maximum atomic E-state index is 14.9. The highest BCUT2D eigenvalue weighted by molar-refractivity contribution is 5.97. The van der Waals surface area contributed by atoms with Crippen LogP contribution in [0, 0.1) is 52.3 Å². The number of rotatable bonds is 18. The Morgan fingerprint density at radius 2 is 1.65 bits per heavy atom. The molecule has 0 radical (unpaired) electrons. The summed E-state index contributed by atoms with van der Waals surface area (Å²) < 4.78 is 19.0. The maximum absolute atomic E-state index is 14.9. The molecule has 2 aromatic carbocycles. The third kappa shape index (κ3) is 9.13. The Balaban J connectivity index is 1.18. The fourth-order valence-corrected chi connectivity index (χ4v) is 10.6. The second-order valence-corrected chi connectivity index (χ2v) is 19.9. The van der Waals surface area contributed by atoms with Crippen molar-refractivity contribution in [3.63, 3.8) is 0 Å². The van der Waals surface area contributed by atoms with Gasteiger partial charge in [-0.15, -0.1) is 0 Å². The first-order valence-corrected chi connectivity index (χ1v) is 22.1. The van der Waals surface area contributed by atoms with Crippen LogP contribution in [-0.4, -0.2) is 42.1 Å². The van der Waals surface area contributed by atoms with Gasteiger partial charge >= 0.3 is 5.97 Å². The summed E-state index contributed by atoms with van der Waals surface area (Å²) in [6, 6.07) is 10.4. The number of allylic oxidation sites excluding steroid dienone is 4. The first-order valence-electron chi connectivity index (χ1n) is 22.1. The van der Waals surface area contributed by atoms with Crippen LogP contribution in [0.3, 0.4) is 0 Å². The highest BCUT2D eigenvalue weighted by atomic mass is 16.5. The van der Waals surface area contributed by atoms with Crippen LogP contribution in [0.1, 0.15) is 138 Å². The Kier molecular flexibility index (Phi) is 12.0. The fourth-order valence-electron chi connectivity index (χ4n) is 10.6. The van der Waals surface area contributed by atoms with E-state index in [0.717, 1.165) is 72.8 Å². The average molecular weight is 779 g/mol. The lowest BCUT2D eigenvalue weighted by molar-refractivity contribution is -0.154. The molecule has 4 fully saturated rings. The van der Waals surface area contributed by atoms with Crippen molar-refractivity contribution in [2.24, 2.45) is 52.3 Å². The van der Waals surface area contributed by atoms with Crippen LogP contribution < -0.4 is 9.47 Å². The Labute approximate surface area is 340 Å². The molecule has 0 bridgehead atoms. The number of ketones is 3. The topological polar surface area (TPSA) is 96.0 Å². The van der Waals surface area contributed by atoms with Gasteiger partial charge in [0.15, 0.2) is 0 Å². The van der Waals surface area contributed by atoms with Crippen molar-refractivity contribution in [3.8, 4) is 11.5 Å². The number of fused-ring (bicyclic) bond motifs is 2. The molecule has 7 nitrogen and oxygen atoms in total. The molecule has 0 N–H and O–H groups in total. The molecule has 0 saturated heterocycles. The van der Waals surface area contributed by atoms with Gasteiger partial charge in [0.1, 0.15) is 41.1 Å². The van der Waals surface area contributed by atoms with Crippen LogP contribution in [0.15, 0.2) is 48.1 Å². The molecule has 7 heteroatoms. The molecule has 4 saturated carbocycles. The molecular weight excluding hydrogens is 713 g/mol. The molecule has 8 unspecified atom stereocenters. The Bertz CT molecular complexity index is 1930. The number of hydrogen-bond acceptors (Lipinski definition) is 7. The molecule has 0 heterocycles. The Morgan fingerprint density at radius 1 is 0.912 bits per heavy atom. The van der Waals surface area contributed by atoms with Crippen LogP contribution in [0.5, 0.6) is 11.5 Å². The van der Waals surface area contributed by atoms with E-state index in [-0.39, 0.29) is 48.2 Å². The van der Waals surface area contributed by atoms with E-state index < -0.39 is 34.7 Å². The molecule has 2 aromatic rings. The summed E-state index contributed by atoms with van der Waals surface area (Å²) in [5.74, 6) is 1.50. The van der Waals surface area contributed by atoms with E-state index in [4.69, 9.17) is 14.2 Å². The van der Waals surface area contributed by atoms with Gasteiger partial charge in [-0.1, -0.05) is 72.6 Å². The summed E-state index contributed by atoms with van der Waals surface area (Å²) in [6.45, 7) is 16.9. The van der Waals surface area contributed by atoms with Gasteiger partial charge in [0.05, 0.1) is 13.0 Å². The van der Waals surface area contributed by atoms with Gasteiger partial charge in [-0.2, -0.15) is 0 Å². The summed E-state index contributed by atoms with van der Waals surface area (Å²) in [5, 5.41) is 1.96. The maximum Gasteiger partial charge on any atom is 0.306 e. The van der Waals surface area contributed by atoms with E-state index >= 15 is 0 Å². The third-order valence-electron chi connectivity index (χ3n) is 14.1. The van der Waals surface area contributed by atoms with E-state index in [1.54, 1.807) is 6.92 Å². The standard InChI is InChI=1S/C50H66O7/c1-9-15-55-38-13-14-41-36(22-38)19-35(32-12-11-31(17-32)16-29(3)4)23-46(41)56-40-24-42(45(52)28-50(30(5)51)27-37(50)10-2)43(25-40)48(54)44(49(6,7)8)26-47(53)57-39-20-33-18-34(33)21-39/h12-14,17,19,22-23,29,33-34,37,39-40,42-44H,9-11,15-16,18,20-21,24-28H2,1-8H3. The first-order chi connectivity index (χ1) is 27.1. The minimum atomic E-state index is -0.632. The molecule has 0 spiro atoms. The Morgan fingerprint density at radius 3 is 2.30 bits per heavy atom. The molecule has 0 aliphatic heterocycles. The van der Waals surface area contributed by atoms with E-state index in [0.29, 0.717) is 37.2 Å². The fraction of sp³-hybridized carbons (Fsp3) is 0.640. The van der Waals surface area contributed by atoms with E-state index in [9.17, 15) is 19.2 Å². The van der Waals surface area contributed by atoms with Crippen molar-refractivity contribution in [2.75, 3.05) is 6.61 Å². The zero-order valence-electron chi connectivity index (χ0n) is 35.8. The van der Waals surface area contributed by atoms with Gasteiger partial charge in [-0.25, -0.2) is 0 Å². The highest BCUT2D eigenvalue weighted by Crippen LogP contribution is 2.59. The summed E-state index contributed by atoms with van der Waals surface area (Å²) in [7, 11) is 0. The van der Waals surface area contributed by atoms with E-state index in [1.165, 1.54) is 17.6 Å². The normalized spacial score (nSPS) is 29.5. The van der Waals surface area contributed by atoms with Crippen molar-refractivity contribution >= 4 is 39.7 Å². The highest BCUT2D eigenvalue weighted by Gasteiger charge is 2.59. The third-order valence-corrected chi connectivity index (χ3v) is 14.1. The molecular formula is C50H66O7. The largest absolute Gasteiger partial charge is 0.494 e. The van der Waals surface area contributed by atoms with Crippen molar-refractivity contribution in [1.29, 1.82) is 0 Å². The van der Waals surface area contributed by atoms with Gasteiger partial charge in [0.2, 0.25) is 0 Å². The molecule has 5 aliphatic rings. The molecule has 308 valence electrons. The molecule has 0 aromatic heterocycles. The zero-order valence-corrected chi connectivity index (χ0v) is 35.8. The lowest BCUT2D eigenvalue weighted by Gasteiger charge is -2.32. The van der Waals surface area contributed by atoms with Crippen molar-refractivity contribution in [2.45, 2.75) is 145 Å². The lowest BCUT2D eigenvalue weighted by atomic mass is 9.70. The van der Waals surface area contributed by atoms with Gasteiger partial charge in [0, 0.05) is 35.0 Å². The zero-order chi connectivity index (χ0) is 40.8. The van der Waals surface area contributed by atoms with Crippen LogP contribution in [0.4, 0.5) is 0 Å². The van der Waals surface area contributed by atoms with Crippen LogP contribution in [0.2, 0.25) is 0 Å². The predicted molar refractivity (Wildman–Crippen MR) is 225 cm³/mol. The van der Waals surface area contributed by atoms with Crippen molar-refractivity contribution in [3.05, 3.63) is 53.6 Å². The molecule has 5 aliphatic carbocycles. The van der Waals surface area contributed by atoms with E-state index in [1.807, 2.05) is 32.9 Å². The number of carbonyl (C=O) groups excluding carboxylic acids is 4. The monoisotopic (exact) mass is 778 g/mol. The second-order valence-electron chi connectivity index (χ2n) is 19.9. The number of esters is 1. The summed E-state index contributed by atoms with van der Waals surface area (Å²) in [5.41, 5.74) is 2.50. The van der Waals surface area contributed by atoms with Gasteiger partial charge in [-0.3, -0.25) is 19.2 Å². The number of carbonyl (C=O) groups is 4. The van der Waals surface area contributed by atoms with Crippen LogP contribution in [-0.2, 0) is 23.9 Å². The number of Topliss-reactive ketones (excluding diaryl/α,β-unsaturated/α-hetero) is 3. The lowest BCUT2D eigenvalue weighted by Crippen LogP contribution is -2.39. The van der Waals surface area contributed by atoms with Crippen molar-refractivity contribution < 1.29 is 33.4 Å². The molecule has 8 atom stereocenters.